The van der Waals surface area contributed by atoms with E-state index in [0.29, 0.717) is 18.7 Å². The van der Waals surface area contributed by atoms with Gasteiger partial charge in [0.1, 0.15) is 23.7 Å². The van der Waals surface area contributed by atoms with E-state index in [-0.39, 0.29) is 10.6 Å². The Morgan fingerprint density at radius 2 is 1.95 bits per heavy atom. The monoisotopic (exact) mass is 306 g/mol. The zero-order chi connectivity index (χ0) is 15.5. The van der Waals surface area contributed by atoms with Gasteiger partial charge in [0.25, 0.3) is 0 Å². The van der Waals surface area contributed by atoms with E-state index in [1.807, 2.05) is 0 Å². The van der Waals surface area contributed by atoms with E-state index in [9.17, 15) is 8.42 Å². The van der Waals surface area contributed by atoms with Crippen molar-refractivity contribution in [3.05, 3.63) is 17.7 Å². The maximum atomic E-state index is 12.6. The van der Waals surface area contributed by atoms with E-state index in [2.05, 4.69) is 0 Å². The van der Waals surface area contributed by atoms with E-state index >= 15 is 0 Å². The molecule has 1 aliphatic heterocycles. The van der Waals surface area contributed by atoms with Crippen LogP contribution < -0.4 is 10.5 Å². The molecule has 0 aromatic heterocycles. The lowest BCUT2D eigenvalue weighted by Gasteiger charge is -2.23. The minimum Gasteiger partial charge on any atom is -0.492 e. The summed E-state index contributed by atoms with van der Waals surface area (Å²) in [4.78, 5) is -0.0808. The van der Waals surface area contributed by atoms with Gasteiger partial charge < -0.3 is 10.5 Å². The molecule has 7 nitrogen and oxygen atoms in total. The van der Waals surface area contributed by atoms with Crippen LogP contribution in [0.25, 0.3) is 0 Å². The number of nitriles is 2. The molecule has 0 bridgehead atoms. The molecule has 0 amide bonds. The molecule has 0 saturated carbocycles. The zero-order valence-corrected chi connectivity index (χ0v) is 12.1. The standard InChI is InChI=1S/C13H14N4O3S/c14-3-5-17(6-4-15)21(18,19)12-9-11(16)8-10-2-1-7-20-13(10)12/h8-9H,1-2,5-7,16H2. The summed E-state index contributed by atoms with van der Waals surface area (Å²) in [5, 5.41) is 17.5. The average molecular weight is 306 g/mol. The summed E-state index contributed by atoms with van der Waals surface area (Å²) in [5.41, 5.74) is 6.80. The number of rotatable bonds is 4. The summed E-state index contributed by atoms with van der Waals surface area (Å²) in [5.74, 6) is 0.274. The first-order valence-corrected chi connectivity index (χ1v) is 7.74. The largest absolute Gasteiger partial charge is 0.492 e. The third-order valence-corrected chi connectivity index (χ3v) is 4.90. The lowest BCUT2D eigenvalue weighted by atomic mass is 10.1. The summed E-state index contributed by atoms with van der Waals surface area (Å²) >= 11 is 0. The molecule has 1 aromatic carbocycles. The summed E-state index contributed by atoms with van der Waals surface area (Å²) in [6.45, 7) is -0.380. The Labute approximate surface area is 123 Å². The molecule has 0 unspecified atom stereocenters. The second kappa shape index (κ2) is 6.00. The fraction of sp³-hybridized carbons (Fsp3) is 0.385. The highest BCUT2D eigenvalue weighted by molar-refractivity contribution is 7.89. The van der Waals surface area contributed by atoms with Gasteiger partial charge in [-0.25, -0.2) is 8.42 Å². The first kappa shape index (κ1) is 15.1. The van der Waals surface area contributed by atoms with E-state index in [4.69, 9.17) is 21.0 Å². The summed E-state index contributed by atoms with van der Waals surface area (Å²) in [6, 6.07) is 6.49. The molecule has 1 heterocycles. The van der Waals surface area contributed by atoms with Crippen LogP contribution in [-0.4, -0.2) is 32.4 Å². The molecule has 0 fully saturated rings. The van der Waals surface area contributed by atoms with Gasteiger partial charge >= 0.3 is 0 Å². The van der Waals surface area contributed by atoms with Crippen LogP contribution in [0.1, 0.15) is 12.0 Å². The van der Waals surface area contributed by atoms with Crippen LogP contribution >= 0.6 is 0 Å². The molecule has 0 spiro atoms. The number of nitrogens with two attached hydrogens (primary N) is 1. The molecule has 0 atom stereocenters. The smallest absolute Gasteiger partial charge is 0.248 e. The van der Waals surface area contributed by atoms with Gasteiger partial charge in [0.2, 0.25) is 10.0 Å². The summed E-state index contributed by atoms with van der Waals surface area (Å²) < 4.78 is 31.5. The molecule has 21 heavy (non-hydrogen) atoms. The van der Waals surface area contributed by atoms with Crippen molar-refractivity contribution in [1.29, 1.82) is 10.5 Å². The van der Waals surface area contributed by atoms with Crippen LogP contribution in [-0.2, 0) is 16.4 Å². The number of fused-ring (bicyclic) bond motifs is 1. The van der Waals surface area contributed by atoms with Crippen LogP contribution in [0.5, 0.6) is 5.75 Å². The third kappa shape index (κ3) is 2.92. The van der Waals surface area contributed by atoms with Gasteiger partial charge in [0, 0.05) is 5.69 Å². The number of ether oxygens (including phenoxy) is 1. The highest BCUT2D eigenvalue weighted by Gasteiger charge is 2.30. The number of sulfonamides is 1. The lowest BCUT2D eigenvalue weighted by molar-refractivity contribution is 0.279. The maximum Gasteiger partial charge on any atom is 0.248 e. The Morgan fingerprint density at radius 1 is 1.29 bits per heavy atom. The fourth-order valence-electron chi connectivity index (χ4n) is 2.18. The van der Waals surface area contributed by atoms with Crippen molar-refractivity contribution in [1.82, 2.24) is 4.31 Å². The van der Waals surface area contributed by atoms with Crippen molar-refractivity contribution >= 4 is 15.7 Å². The fourth-order valence-corrected chi connectivity index (χ4v) is 3.63. The van der Waals surface area contributed by atoms with Gasteiger partial charge in [-0.3, -0.25) is 0 Å². The Balaban J connectivity index is 2.57. The molecule has 110 valence electrons. The molecule has 0 radical (unpaired) electrons. The second-order valence-corrected chi connectivity index (χ2v) is 6.45. The van der Waals surface area contributed by atoms with Crippen LogP contribution in [0.4, 0.5) is 5.69 Å². The average Bonchev–Trinajstić information content (AvgIpc) is 2.46. The van der Waals surface area contributed by atoms with E-state index in [1.165, 1.54) is 6.07 Å². The predicted octanol–water partition coefficient (Wildman–Crippen LogP) is 0.632. The normalized spacial score (nSPS) is 13.9. The van der Waals surface area contributed by atoms with E-state index in [1.54, 1.807) is 18.2 Å². The predicted molar refractivity (Wildman–Crippen MR) is 74.7 cm³/mol. The Bertz CT molecular complexity index is 715. The number of hydrogen-bond acceptors (Lipinski definition) is 6. The molecule has 0 saturated heterocycles. The minimum atomic E-state index is -4.01. The van der Waals surface area contributed by atoms with Gasteiger partial charge in [-0.05, 0) is 30.5 Å². The molecular formula is C13H14N4O3S. The number of anilines is 1. The van der Waals surface area contributed by atoms with Crippen molar-refractivity contribution in [2.24, 2.45) is 0 Å². The number of nitrogens with zero attached hydrogens (tertiary/aromatic N) is 3. The first-order chi connectivity index (χ1) is 10.0. The number of benzene rings is 1. The van der Waals surface area contributed by atoms with Crippen molar-refractivity contribution in [3.8, 4) is 17.9 Å². The van der Waals surface area contributed by atoms with Crippen LogP contribution in [0.3, 0.4) is 0 Å². The molecule has 2 N–H and O–H groups in total. The highest BCUT2D eigenvalue weighted by Crippen LogP contribution is 2.35. The van der Waals surface area contributed by atoms with Crippen LogP contribution in [0.15, 0.2) is 17.0 Å². The molecule has 8 heteroatoms. The first-order valence-electron chi connectivity index (χ1n) is 6.30. The lowest BCUT2D eigenvalue weighted by Crippen LogP contribution is -2.32. The second-order valence-electron chi connectivity index (χ2n) is 4.55. The van der Waals surface area contributed by atoms with E-state index < -0.39 is 23.1 Å². The highest BCUT2D eigenvalue weighted by atomic mass is 32.2. The van der Waals surface area contributed by atoms with Crippen molar-refractivity contribution in [2.45, 2.75) is 17.7 Å². The third-order valence-electron chi connectivity index (χ3n) is 3.10. The molecule has 1 aliphatic rings. The molecule has 2 rings (SSSR count). The van der Waals surface area contributed by atoms with Crippen LogP contribution in [0.2, 0.25) is 0 Å². The quantitative estimate of drug-likeness (QED) is 0.643. The van der Waals surface area contributed by atoms with Crippen molar-refractivity contribution in [3.63, 3.8) is 0 Å². The minimum absolute atomic E-state index is 0.0808. The van der Waals surface area contributed by atoms with Crippen molar-refractivity contribution < 1.29 is 13.2 Å². The Hall–Kier alpha value is -2.29. The number of nitrogen functional groups attached to an aromatic ring is 1. The Morgan fingerprint density at radius 3 is 2.57 bits per heavy atom. The topological polar surface area (TPSA) is 120 Å². The summed E-state index contributed by atoms with van der Waals surface area (Å²) in [7, 11) is -4.01. The SMILES string of the molecule is N#CCN(CC#N)S(=O)(=O)c1cc(N)cc2c1OCCC2. The molecule has 0 aliphatic carbocycles. The Kier molecular flexibility index (Phi) is 4.32. The number of aryl methyl sites for hydroxylation is 1. The van der Waals surface area contributed by atoms with Crippen LogP contribution in [0, 0.1) is 22.7 Å². The van der Waals surface area contributed by atoms with Gasteiger partial charge in [-0.2, -0.15) is 14.8 Å². The molecule has 1 aromatic rings. The molecular weight excluding hydrogens is 292 g/mol. The maximum absolute atomic E-state index is 12.6. The summed E-state index contributed by atoms with van der Waals surface area (Å²) in [6.07, 6.45) is 1.47. The van der Waals surface area contributed by atoms with Crippen molar-refractivity contribution in [2.75, 3.05) is 25.4 Å². The van der Waals surface area contributed by atoms with Gasteiger partial charge in [0.15, 0.2) is 0 Å². The zero-order valence-electron chi connectivity index (χ0n) is 11.2. The van der Waals surface area contributed by atoms with Gasteiger partial charge in [-0.1, -0.05) is 0 Å². The number of hydrogen-bond donors (Lipinski definition) is 1. The van der Waals surface area contributed by atoms with E-state index in [0.717, 1.165) is 16.3 Å². The van der Waals surface area contributed by atoms with Gasteiger partial charge in [-0.15, -0.1) is 0 Å². The van der Waals surface area contributed by atoms with Gasteiger partial charge in [0.05, 0.1) is 18.7 Å².